The first-order chi connectivity index (χ1) is 11.7. The highest BCUT2D eigenvalue weighted by molar-refractivity contribution is 9.10. The average Bonchev–Trinajstić information content (AvgIpc) is 2.62. The van der Waals surface area contributed by atoms with Gasteiger partial charge in [0.1, 0.15) is 6.10 Å². The molecule has 0 aliphatic carbocycles. The van der Waals surface area contributed by atoms with Gasteiger partial charge in [0.25, 0.3) is 5.91 Å². The number of pyridine rings is 1. The van der Waals surface area contributed by atoms with Crippen LogP contribution < -0.4 is 4.74 Å². The van der Waals surface area contributed by atoms with Crippen LogP contribution in [-0.4, -0.2) is 35.0 Å². The highest BCUT2D eigenvalue weighted by Gasteiger charge is 2.26. The van der Waals surface area contributed by atoms with Gasteiger partial charge in [-0.15, -0.1) is 0 Å². The molecule has 1 amide bonds. The van der Waals surface area contributed by atoms with Crippen LogP contribution in [-0.2, 0) is 0 Å². The summed E-state index contributed by atoms with van der Waals surface area (Å²) in [5.74, 6) is 0.420. The minimum Gasteiger partial charge on any atom is -0.472 e. The number of piperidine rings is 1. The molecule has 1 aromatic heterocycles. The third-order valence-corrected chi connectivity index (χ3v) is 4.61. The van der Waals surface area contributed by atoms with Crippen LogP contribution in [0.25, 0.3) is 0 Å². The van der Waals surface area contributed by atoms with E-state index in [-0.39, 0.29) is 12.0 Å². The van der Waals surface area contributed by atoms with Crippen LogP contribution in [0.4, 0.5) is 0 Å². The van der Waals surface area contributed by atoms with Crippen molar-refractivity contribution < 1.29 is 9.53 Å². The van der Waals surface area contributed by atoms with Gasteiger partial charge in [0.2, 0.25) is 5.88 Å². The molecule has 0 unspecified atom stereocenters. The number of aromatic nitrogens is 1. The number of carbonyl (C=O) groups is 1. The number of amides is 1. The molecule has 24 heavy (non-hydrogen) atoms. The Morgan fingerprint density at radius 1 is 1.38 bits per heavy atom. The fourth-order valence-corrected chi connectivity index (χ4v) is 3.19. The van der Waals surface area contributed by atoms with E-state index in [1.54, 1.807) is 18.3 Å². The number of ether oxygens (including phenoxy) is 1. The van der Waals surface area contributed by atoms with E-state index in [4.69, 9.17) is 10.00 Å². The van der Waals surface area contributed by atoms with E-state index >= 15 is 0 Å². The Hall–Kier alpha value is -2.39. The summed E-state index contributed by atoms with van der Waals surface area (Å²) in [5, 5.41) is 8.94. The molecule has 6 heteroatoms. The van der Waals surface area contributed by atoms with E-state index in [1.165, 1.54) is 0 Å². The van der Waals surface area contributed by atoms with Gasteiger partial charge in [-0.3, -0.25) is 4.79 Å². The number of nitriles is 1. The summed E-state index contributed by atoms with van der Waals surface area (Å²) in [6, 6.07) is 12.7. The Labute approximate surface area is 149 Å². The first kappa shape index (κ1) is 16.5. The Balaban J connectivity index is 1.69. The number of benzene rings is 1. The Morgan fingerprint density at radius 3 is 3.00 bits per heavy atom. The number of rotatable bonds is 3. The molecule has 1 aliphatic heterocycles. The molecule has 122 valence electrons. The van der Waals surface area contributed by atoms with Crippen LogP contribution in [0.2, 0.25) is 0 Å². The van der Waals surface area contributed by atoms with E-state index < -0.39 is 0 Å². The number of nitrogens with zero attached hydrogens (tertiary/aromatic N) is 3. The largest absolute Gasteiger partial charge is 0.472 e. The number of halogens is 1. The highest BCUT2D eigenvalue weighted by atomic mass is 79.9. The van der Waals surface area contributed by atoms with Crippen LogP contribution >= 0.6 is 15.9 Å². The second-order valence-corrected chi connectivity index (χ2v) is 6.46. The molecule has 0 radical (unpaired) electrons. The summed E-state index contributed by atoms with van der Waals surface area (Å²) in [5.41, 5.74) is 1.17. The maximum absolute atomic E-state index is 12.7. The third kappa shape index (κ3) is 3.74. The van der Waals surface area contributed by atoms with Gasteiger partial charge in [-0.05, 0) is 47.0 Å². The molecule has 0 saturated carbocycles. The quantitative estimate of drug-likeness (QED) is 0.811. The van der Waals surface area contributed by atoms with Gasteiger partial charge in [-0.2, -0.15) is 5.26 Å². The van der Waals surface area contributed by atoms with Crippen LogP contribution in [0.5, 0.6) is 5.88 Å². The molecule has 0 spiro atoms. The normalized spacial score (nSPS) is 17.2. The molecule has 2 aromatic rings. The van der Waals surface area contributed by atoms with E-state index in [2.05, 4.69) is 27.0 Å². The lowest BCUT2D eigenvalue weighted by molar-refractivity contribution is 0.0527. The topological polar surface area (TPSA) is 66.2 Å². The lowest BCUT2D eigenvalue weighted by Crippen LogP contribution is -2.44. The van der Waals surface area contributed by atoms with Crippen LogP contribution in [0, 0.1) is 11.3 Å². The van der Waals surface area contributed by atoms with Crippen LogP contribution in [0.15, 0.2) is 47.1 Å². The number of hydrogen-bond acceptors (Lipinski definition) is 4. The Kier molecular flexibility index (Phi) is 5.11. The molecule has 0 N–H and O–H groups in total. The molecule has 2 heterocycles. The van der Waals surface area contributed by atoms with Crippen molar-refractivity contribution in [1.29, 1.82) is 5.26 Å². The fourth-order valence-electron chi connectivity index (χ4n) is 2.74. The van der Waals surface area contributed by atoms with E-state index in [0.29, 0.717) is 30.1 Å². The van der Waals surface area contributed by atoms with Gasteiger partial charge in [-0.25, -0.2) is 4.98 Å². The molecule has 1 fully saturated rings. The van der Waals surface area contributed by atoms with Crippen molar-refractivity contribution in [3.05, 3.63) is 58.2 Å². The zero-order valence-electron chi connectivity index (χ0n) is 13.0. The summed E-state index contributed by atoms with van der Waals surface area (Å²) in [7, 11) is 0. The predicted octanol–water partition coefficient (Wildman–Crippen LogP) is 3.40. The van der Waals surface area contributed by atoms with Gasteiger partial charge in [0.15, 0.2) is 0 Å². The van der Waals surface area contributed by atoms with Crippen molar-refractivity contribution >= 4 is 21.8 Å². The maximum atomic E-state index is 12.7. The van der Waals surface area contributed by atoms with Gasteiger partial charge in [-0.1, -0.05) is 12.1 Å². The van der Waals surface area contributed by atoms with Crippen molar-refractivity contribution in [3.8, 4) is 11.9 Å². The van der Waals surface area contributed by atoms with E-state index in [0.717, 1.165) is 17.3 Å². The summed E-state index contributed by atoms with van der Waals surface area (Å²) in [6.07, 6.45) is 3.17. The summed E-state index contributed by atoms with van der Waals surface area (Å²) in [6.45, 7) is 1.23. The second-order valence-electron chi connectivity index (χ2n) is 5.61. The molecule has 1 atom stereocenters. The Bertz CT molecular complexity index is 788. The summed E-state index contributed by atoms with van der Waals surface area (Å²) >= 11 is 3.43. The van der Waals surface area contributed by atoms with Crippen LogP contribution in [0.1, 0.15) is 28.8 Å². The molecular formula is C18H16BrN3O2. The first-order valence-electron chi connectivity index (χ1n) is 7.74. The number of carbonyl (C=O) groups excluding carboxylic acids is 1. The predicted molar refractivity (Wildman–Crippen MR) is 92.6 cm³/mol. The van der Waals surface area contributed by atoms with Gasteiger partial charge < -0.3 is 9.64 Å². The first-order valence-corrected chi connectivity index (χ1v) is 8.53. The van der Waals surface area contributed by atoms with Crippen molar-refractivity contribution in [1.82, 2.24) is 9.88 Å². The SMILES string of the molecule is N#Cc1ccnc(O[C@H]2CCCN(C(=O)c3ccccc3Br)C2)c1. The lowest BCUT2D eigenvalue weighted by atomic mass is 10.1. The zero-order valence-corrected chi connectivity index (χ0v) is 14.6. The number of hydrogen-bond donors (Lipinski definition) is 0. The molecule has 0 bridgehead atoms. The average molecular weight is 386 g/mol. The molecule has 1 aliphatic rings. The standard InChI is InChI=1S/C18H16BrN3O2/c19-16-6-2-1-5-15(16)18(23)22-9-3-4-14(12-22)24-17-10-13(11-20)7-8-21-17/h1-2,5-8,10,14H,3-4,9,12H2/t14-/m0/s1. The zero-order chi connectivity index (χ0) is 16.9. The van der Waals surface area contributed by atoms with Gasteiger partial charge >= 0.3 is 0 Å². The van der Waals surface area contributed by atoms with Crippen molar-refractivity contribution in [2.24, 2.45) is 0 Å². The van der Waals surface area contributed by atoms with Crippen molar-refractivity contribution in [2.45, 2.75) is 18.9 Å². The minimum absolute atomic E-state index is 0.00508. The van der Waals surface area contributed by atoms with E-state index in [9.17, 15) is 4.79 Å². The van der Waals surface area contributed by atoms with Crippen molar-refractivity contribution in [3.63, 3.8) is 0 Å². The molecule has 1 saturated heterocycles. The third-order valence-electron chi connectivity index (χ3n) is 3.92. The monoisotopic (exact) mass is 385 g/mol. The second kappa shape index (κ2) is 7.45. The van der Waals surface area contributed by atoms with E-state index in [1.807, 2.05) is 29.2 Å². The highest BCUT2D eigenvalue weighted by Crippen LogP contribution is 2.22. The molecular weight excluding hydrogens is 370 g/mol. The molecule has 5 nitrogen and oxygen atoms in total. The van der Waals surface area contributed by atoms with Gasteiger partial charge in [0.05, 0.1) is 23.7 Å². The lowest BCUT2D eigenvalue weighted by Gasteiger charge is -2.32. The maximum Gasteiger partial charge on any atom is 0.255 e. The Morgan fingerprint density at radius 2 is 2.21 bits per heavy atom. The minimum atomic E-state index is -0.119. The summed E-state index contributed by atoms with van der Waals surface area (Å²) < 4.78 is 6.67. The van der Waals surface area contributed by atoms with Crippen LogP contribution in [0.3, 0.4) is 0 Å². The fraction of sp³-hybridized carbons (Fsp3) is 0.278. The van der Waals surface area contributed by atoms with Crippen molar-refractivity contribution in [2.75, 3.05) is 13.1 Å². The van der Waals surface area contributed by atoms with Gasteiger partial charge in [0, 0.05) is 23.3 Å². The molecule has 3 rings (SSSR count). The number of likely N-dealkylation sites (tertiary alicyclic amines) is 1. The summed E-state index contributed by atoms with van der Waals surface area (Å²) in [4.78, 5) is 18.6. The molecule has 1 aromatic carbocycles. The smallest absolute Gasteiger partial charge is 0.255 e.